The highest BCUT2D eigenvalue weighted by atomic mass is 31.2. The number of anilines is 1. The van der Waals surface area contributed by atoms with E-state index in [4.69, 9.17) is 24.0 Å². The zero-order valence-corrected chi connectivity index (χ0v) is 21.3. The predicted octanol–water partition coefficient (Wildman–Crippen LogP) is 1.48. The second-order valence-electron chi connectivity index (χ2n) is 9.21. The minimum atomic E-state index is -4.49. The number of aliphatic carboxylic acids is 1. The van der Waals surface area contributed by atoms with Gasteiger partial charge in [0.25, 0.3) is 0 Å². The van der Waals surface area contributed by atoms with Gasteiger partial charge in [-0.05, 0) is 38.1 Å². The first-order chi connectivity index (χ1) is 17.9. The minimum Gasteiger partial charge on any atom is -0.481 e. The number of aliphatic hydroxyl groups excluding tert-OH is 2. The van der Waals surface area contributed by atoms with Crippen LogP contribution in [-0.4, -0.2) is 67.4 Å². The van der Waals surface area contributed by atoms with Gasteiger partial charge < -0.3 is 30.3 Å². The largest absolute Gasteiger partial charge is 0.530 e. The molecule has 5 atom stereocenters. The lowest BCUT2D eigenvalue weighted by molar-refractivity contribution is -0.148. The van der Waals surface area contributed by atoms with E-state index in [9.17, 15) is 29.9 Å². The van der Waals surface area contributed by atoms with E-state index in [1.165, 1.54) is 42.6 Å². The summed E-state index contributed by atoms with van der Waals surface area (Å²) >= 11 is 0. The van der Waals surface area contributed by atoms with E-state index in [1.54, 1.807) is 18.2 Å². The number of nitrogens with zero attached hydrogens (tertiary/aromatic N) is 4. The van der Waals surface area contributed by atoms with Crippen LogP contribution in [0.1, 0.15) is 19.5 Å². The first-order valence-corrected chi connectivity index (χ1v) is 12.8. The molecule has 14 nitrogen and oxygen atoms in total. The summed E-state index contributed by atoms with van der Waals surface area (Å²) in [5.41, 5.74) is 2.73. The molecule has 0 saturated carbocycles. The van der Waals surface area contributed by atoms with Crippen molar-refractivity contribution in [1.29, 1.82) is 5.26 Å². The van der Waals surface area contributed by atoms with Gasteiger partial charge in [-0.15, -0.1) is 0 Å². The van der Waals surface area contributed by atoms with E-state index in [2.05, 4.69) is 10.1 Å². The lowest BCUT2D eigenvalue weighted by atomic mass is 9.92. The molecule has 3 aromatic rings. The third-order valence-electron chi connectivity index (χ3n) is 6.01. The highest BCUT2D eigenvalue weighted by Gasteiger charge is 2.58. The smallest absolute Gasteiger partial charge is 0.481 e. The number of hydrogen-bond donors (Lipinski definition) is 4. The molecule has 0 radical (unpaired) electrons. The second-order valence-corrected chi connectivity index (χ2v) is 10.8. The molecule has 1 aromatic carbocycles. The Morgan fingerprint density at radius 2 is 1.97 bits per heavy atom. The fourth-order valence-corrected chi connectivity index (χ4v) is 5.09. The molecule has 0 aliphatic carbocycles. The van der Waals surface area contributed by atoms with Crippen molar-refractivity contribution in [3.05, 3.63) is 54.5 Å². The van der Waals surface area contributed by atoms with Crippen molar-refractivity contribution in [3.8, 4) is 11.8 Å². The second kappa shape index (κ2) is 10.3. The van der Waals surface area contributed by atoms with Crippen LogP contribution in [0.5, 0.6) is 5.75 Å². The van der Waals surface area contributed by atoms with Crippen molar-refractivity contribution in [2.24, 2.45) is 5.41 Å². The Morgan fingerprint density at radius 3 is 2.63 bits per heavy atom. The summed E-state index contributed by atoms with van der Waals surface area (Å²) < 4.78 is 36.8. The van der Waals surface area contributed by atoms with Crippen molar-refractivity contribution < 1.29 is 43.0 Å². The third kappa shape index (κ3) is 5.08. The van der Waals surface area contributed by atoms with E-state index in [-0.39, 0.29) is 17.3 Å². The van der Waals surface area contributed by atoms with E-state index in [0.717, 1.165) is 6.33 Å². The number of carboxylic acids is 1. The molecule has 1 saturated heterocycles. The highest BCUT2D eigenvalue weighted by Crippen LogP contribution is 2.51. The van der Waals surface area contributed by atoms with Gasteiger partial charge in [-0.2, -0.15) is 10.4 Å². The van der Waals surface area contributed by atoms with Gasteiger partial charge in [0, 0.05) is 0 Å². The number of nitrogen functional groups attached to an aromatic ring is 1. The topological polar surface area (TPSA) is 212 Å². The number of ether oxygens (including phenoxy) is 1. The molecular formula is C23H26N5O9P. The molecule has 2 aromatic heterocycles. The van der Waals surface area contributed by atoms with Crippen LogP contribution in [0, 0.1) is 16.7 Å². The number of nitrogens with two attached hydrogens (primary N) is 1. The average Bonchev–Trinajstić information content (AvgIpc) is 3.43. The number of rotatable bonds is 10. The van der Waals surface area contributed by atoms with Gasteiger partial charge in [0.1, 0.15) is 42.0 Å². The molecule has 0 spiro atoms. The molecule has 3 heterocycles. The number of para-hydroxylation sites is 1. The summed E-state index contributed by atoms with van der Waals surface area (Å²) in [7, 11) is -4.49. The molecule has 0 bridgehead atoms. The maximum Gasteiger partial charge on any atom is 0.530 e. The fraction of sp³-hybridized carbons (Fsp3) is 0.391. The lowest BCUT2D eigenvalue weighted by Crippen LogP contribution is -2.41. The Morgan fingerprint density at radius 1 is 1.26 bits per heavy atom. The highest BCUT2D eigenvalue weighted by molar-refractivity contribution is 7.48. The Balaban J connectivity index is 1.58. The lowest BCUT2D eigenvalue weighted by Gasteiger charge is -2.25. The van der Waals surface area contributed by atoms with E-state index >= 15 is 0 Å². The molecule has 1 fully saturated rings. The van der Waals surface area contributed by atoms with Crippen molar-refractivity contribution in [2.45, 2.75) is 37.8 Å². The number of hydrogen-bond acceptors (Lipinski definition) is 12. The normalized spacial score (nSPS) is 25.1. The van der Waals surface area contributed by atoms with Crippen LogP contribution >= 0.6 is 7.82 Å². The number of nitriles is 1. The zero-order valence-electron chi connectivity index (χ0n) is 20.4. The number of carboxylic acid groups (broad SMARTS) is 1. The summed E-state index contributed by atoms with van der Waals surface area (Å²) in [6.07, 6.45) is -3.66. The Labute approximate surface area is 216 Å². The summed E-state index contributed by atoms with van der Waals surface area (Å²) in [6, 6.07) is 12.8. The van der Waals surface area contributed by atoms with Crippen molar-refractivity contribution in [3.63, 3.8) is 0 Å². The zero-order chi connectivity index (χ0) is 27.7. The Hall–Kier alpha value is -3.57. The predicted molar refractivity (Wildman–Crippen MR) is 130 cm³/mol. The number of phosphoric acid groups is 1. The number of aliphatic hydroxyl groups is 2. The number of fused-ring (bicyclic) bond motifs is 1. The number of carbonyl (C=O) groups is 1. The average molecular weight is 547 g/mol. The first-order valence-electron chi connectivity index (χ1n) is 11.3. The van der Waals surface area contributed by atoms with Gasteiger partial charge >= 0.3 is 13.8 Å². The van der Waals surface area contributed by atoms with Crippen LogP contribution in [0.4, 0.5) is 5.82 Å². The number of phosphoric ester groups is 1. The van der Waals surface area contributed by atoms with Crippen LogP contribution < -0.4 is 10.3 Å². The Kier molecular flexibility index (Phi) is 7.44. The molecule has 0 amide bonds. The minimum absolute atomic E-state index is 0.0707. The standard InChI is InChI=1S/C23H26N5O9P/c1-22(2,21(31)32)12-35-38(33,37-14-6-4-3-5-7-14)34-10-16-18(29)19(30)23(11-24,36-16)17-9-8-15-20(25)26-13-27-28(15)17/h3-9,13,16,18-19,29-30H,10,12H2,1-2H3,(H,31,32)(H2,25,26,27)/t16-,18-,19-,23+,38?/m1/s1. The van der Waals surface area contributed by atoms with Gasteiger partial charge in [-0.1, -0.05) is 18.2 Å². The van der Waals surface area contributed by atoms with Crippen LogP contribution in [-0.2, 0) is 28.7 Å². The molecule has 202 valence electrons. The molecule has 15 heteroatoms. The maximum atomic E-state index is 13.5. The maximum absolute atomic E-state index is 13.5. The number of aromatic nitrogens is 3. The SMILES string of the molecule is CC(C)(COP(=O)(OC[C@H]1O[C@@](C#N)(c2ccc3c(N)ncnn23)[C@H](O)[C@@H]1O)Oc1ccccc1)C(=O)O. The molecule has 5 N–H and O–H groups in total. The molecule has 1 unspecified atom stereocenters. The molecule has 38 heavy (non-hydrogen) atoms. The molecule has 1 aliphatic rings. The quantitative estimate of drug-likeness (QED) is 0.265. The molecule has 4 rings (SSSR count). The summed E-state index contributed by atoms with van der Waals surface area (Å²) in [5, 5.41) is 45.1. The summed E-state index contributed by atoms with van der Waals surface area (Å²) in [4.78, 5) is 15.4. The fourth-order valence-electron chi connectivity index (χ4n) is 3.72. The van der Waals surface area contributed by atoms with E-state index < -0.39 is 56.3 Å². The first kappa shape index (κ1) is 27.5. The van der Waals surface area contributed by atoms with Crippen molar-refractivity contribution in [1.82, 2.24) is 14.6 Å². The van der Waals surface area contributed by atoms with Crippen LogP contribution in [0.15, 0.2) is 48.8 Å². The van der Waals surface area contributed by atoms with Gasteiger partial charge in [0.05, 0.1) is 24.3 Å². The molecule has 1 aliphatic heterocycles. The van der Waals surface area contributed by atoms with Gasteiger partial charge in [0.2, 0.25) is 5.60 Å². The third-order valence-corrected chi connectivity index (χ3v) is 7.35. The monoisotopic (exact) mass is 547 g/mol. The van der Waals surface area contributed by atoms with Crippen LogP contribution in [0.25, 0.3) is 5.52 Å². The van der Waals surface area contributed by atoms with E-state index in [1.807, 2.05) is 6.07 Å². The van der Waals surface area contributed by atoms with Gasteiger partial charge in [-0.25, -0.2) is 14.1 Å². The van der Waals surface area contributed by atoms with Gasteiger partial charge in [0.15, 0.2) is 5.82 Å². The summed E-state index contributed by atoms with van der Waals surface area (Å²) in [5.74, 6) is -0.975. The number of benzene rings is 1. The van der Waals surface area contributed by atoms with Crippen molar-refractivity contribution >= 4 is 25.1 Å². The summed E-state index contributed by atoms with van der Waals surface area (Å²) in [6.45, 7) is 1.53. The van der Waals surface area contributed by atoms with Crippen LogP contribution in [0.3, 0.4) is 0 Å². The van der Waals surface area contributed by atoms with Crippen LogP contribution in [0.2, 0.25) is 0 Å². The Bertz CT molecular complexity index is 1410. The molecular weight excluding hydrogens is 521 g/mol. The van der Waals surface area contributed by atoms with E-state index in [0.29, 0.717) is 5.52 Å². The van der Waals surface area contributed by atoms with Gasteiger partial charge in [-0.3, -0.25) is 13.8 Å². The van der Waals surface area contributed by atoms with Crippen molar-refractivity contribution in [2.75, 3.05) is 18.9 Å².